The molecule has 4 heteroatoms. The van der Waals surface area contributed by atoms with Crippen molar-refractivity contribution in [2.24, 2.45) is 5.73 Å². The highest BCUT2D eigenvalue weighted by Gasteiger charge is 2.10. The minimum absolute atomic E-state index is 0.457. The lowest BCUT2D eigenvalue weighted by atomic mass is 10.1. The molecule has 0 radical (unpaired) electrons. The molecule has 2 aromatic heterocycles. The summed E-state index contributed by atoms with van der Waals surface area (Å²) in [5.41, 5.74) is 9.67. The Morgan fingerprint density at radius 1 is 1.54 bits per heavy atom. The molecular weight excluding hydrogens is 164 g/mol. The van der Waals surface area contributed by atoms with Crippen molar-refractivity contribution in [3.63, 3.8) is 0 Å². The largest absolute Gasteiger partial charge is 0.361 e. The highest BCUT2D eigenvalue weighted by Crippen LogP contribution is 2.23. The molecule has 0 saturated carbocycles. The molecule has 13 heavy (non-hydrogen) atoms. The Bertz CT molecular complexity index is 386. The first-order valence-electron chi connectivity index (χ1n) is 4.20. The van der Waals surface area contributed by atoms with Crippen molar-refractivity contribution in [1.82, 2.24) is 15.2 Å². The summed E-state index contributed by atoms with van der Waals surface area (Å²) in [5.74, 6) is 0. The first kappa shape index (κ1) is 8.07. The molecule has 0 aliphatic carbocycles. The van der Waals surface area contributed by atoms with Gasteiger partial charge in [-0.1, -0.05) is 0 Å². The first-order chi connectivity index (χ1) is 6.33. The quantitative estimate of drug-likeness (QED) is 0.642. The lowest BCUT2D eigenvalue weighted by Crippen LogP contribution is -1.98. The highest BCUT2D eigenvalue weighted by atomic mass is 15.1. The average molecular weight is 176 g/mol. The Morgan fingerprint density at radius 3 is 3.00 bits per heavy atom. The van der Waals surface area contributed by atoms with Crippen LogP contribution in [-0.2, 0) is 6.54 Å². The predicted molar refractivity (Wildman–Crippen MR) is 51.0 cm³/mol. The van der Waals surface area contributed by atoms with E-state index in [1.807, 2.05) is 25.3 Å². The van der Waals surface area contributed by atoms with Crippen LogP contribution in [-0.4, -0.2) is 15.2 Å². The van der Waals surface area contributed by atoms with E-state index in [0.29, 0.717) is 6.54 Å². The maximum Gasteiger partial charge on any atom is 0.0853 e. The number of rotatable bonds is 2. The number of nitrogens with zero attached hydrogens (tertiary/aromatic N) is 1. The van der Waals surface area contributed by atoms with Crippen LogP contribution in [0.3, 0.4) is 0 Å². The summed E-state index contributed by atoms with van der Waals surface area (Å²) in [5, 5.41) is 7.05. The molecule has 0 saturated heterocycles. The van der Waals surface area contributed by atoms with Gasteiger partial charge in [0.1, 0.15) is 0 Å². The lowest BCUT2D eigenvalue weighted by molar-refractivity contribution is 0.939. The fourth-order valence-electron chi connectivity index (χ4n) is 1.47. The second kappa shape index (κ2) is 3.06. The van der Waals surface area contributed by atoms with E-state index in [9.17, 15) is 0 Å². The van der Waals surface area contributed by atoms with Crippen LogP contribution in [0.4, 0.5) is 0 Å². The van der Waals surface area contributed by atoms with Crippen LogP contribution in [0.25, 0.3) is 11.3 Å². The normalized spacial score (nSPS) is 10.6. The number of aromatic nitrogens is 3. The average Bonchev–Trinajstić information content (AvgIpc) is 2.72. The van der Waals surface area contributed by atoms with Gasteiger partial charge >= 0.3 is 0 Å². The SMILES string of the molecule is Cc1[nH]nc(CN)c1-c1ccc[nH]1. The van der Waals surface area contributed by atoms with Gasteiger partial charge in [-0.05, 0) is 19.1 Å². The van der Waals surface area contributed by atoms with Crippen molar-refractivity contribution >= 4 is 0 Å². The lowest BCUT2D eigenvalue weighted by Gasteiger charge is -1.97. The summed E-state index contributed by atoms with van der Waals surface area (Å²) in [6.07, 6.45) is 1.89. The molecule has 0 amide bonds. The van der Waals surface area contributed by atoms with Gasteiger partial charge in [-0.2, -0.15) is 5.10 Å². The molecule has 0 spiro atoms. The van der Waals surface area contributed by atoms with Crippen LogP contribution < -0.4 is 5.73 Å². The Balaban J connectivity index is 2.55. The smallest absolute Gasteiger partial charge is 0.0853 e. The van der Waals surface area contributed by atoms with Gasteiger partial charge in [-0.25, -0.2) is 0 Å². The minimum atomic E-state index is 0.457. The Hall–Kier alpha value is -1.55. The standard InChI is InChI=1S/C9H12N4/c1-6-9(7-3-2-4-11-7)8(5-10)13-12-6/h2-4,11H,5,10H2,1H3,(H,12,13). The van der Waals surface area contributed by atoms with Gasteiger partial charge in [-0.3, -0.25) is 5.10 Å². The van der Waals surface area contributed by atoms with Gasteiger partial charge in [0.2, 0.25) is 0 Å². The van der Waals surface area contributed by atoms with Crippen LogP contribution >= 0.6 is 0 Å². The van der Waals surface area contributed by atoms with Crippen molar-refractivity contribution in [2.45, 2.75) is 13.5 Å². The predicted octanol–water partition coefficient (Wildman–Crippen LogP) is 1.17. The molecule has 0 aromatic carbocycles. The van der Waals surface area contributed by atoms with Gasteiger partial charge in [0.15, 0.2) is 0 Å². The monoisotopic (exact) mass is 176 g/mol. The molecule has 4 N–H and O–H groups in total. The topological polar surface area (TPSA) is 70.5 Å². The van der Waals surface area contributed by atoms with E-state index in [0.717, 1.165) is 22.6 Å². The highest BCUT2D eigenvalue weighted by molar-refractivity contribution is 5.64. The second-order valence-electron chi connectivity index (χ2n) is 2.96. The zero-order valence-electron chi connectivity index (χ0n) is 7.46. The molecule has 0 aliphatic heterocycles. The van der Waals surface area contributed by atoms with E-state index in [2.05, 4.69) is 15.2 Å². The Morgan fingerprint density at radius 2 is 2.38 bits per heavy atom. The summed E-state index contributed by atoms with van der Waals surface area (Å²) < 4.78 is 0. The van der Waals surface area contributed by atoms with Gasteiger partial charge in [0.05, 0.1) is 5.69 Å². The van der Waals surface area contributed by atoms with E-state index in [-0.39, 0.29) is 0 Å². The number of nitrogens with one attached hydrogen (secondary N) is 2. The number of aryl methyl sites for hydroxylation is 1. The van der Waals surface area contributed by atoms with E-state index >= 15 is 0 Å². The zero-order chi connectivity index (χ0) is 9.26. The third kappa shape index (κ3) is 1.25. The molecule has 0 unspecified atom stereocenters. The van der Waals surface area contributed by atoms with E-state index in [4.69, 9.17) is 5.73 Å². The molecule has 2 heterocycles. The molecule has 2 rings (SSSR count). The molecule has 0 atom stereocenters. The third-order valence-electron chi connectivity index (χ3n) is 2.08. The molecule has 0 bridgehead atoms. The number of hydrogen-bond donors (Lipinski definition) is 3. The van der Waals surface area contributed by atoms with Crippen molar-refractivity contribution < 1.29 is 0 Å². The fraction of sp³-hybridized carbons (Fsp3) is 0.222. The summed E-state index contributed by atoms with van der Waals surface area (Å²) >= 11 is 0. The summed E-state index contributed by atoms with van der Waals surface area (Å²) in [7, 11) is 0. The van der Waals surface area contributed by atoms with Gasteiger partial charge in [0.25, 0.3) is 0 Å². The molecule has 0 fully saturated rings. The van der Waals surface area contributed by atoms with Gasteiger partial charge in [-0.15, -0.1) is 0 Å². The number of H-pyrrole nitrogens is 2. The number of aromatic amines is 2. The van der Waals surface area contributed by atoms with Crippen LogP contribution in [0.5, 0.6) is 0 Å². The maximum absolute atomic E-state index is 5.57. The van der Waals surface area contributed by atoms with Crippen molar-refractivity contribution in [1.29, 1.82) is 0 Å². The van der Waals surface area contributed by atoms with E-state index in [1.54, 1.807) is 0 Å². The molecule has 0 aliphatic rings. The number of hydrogen-bond acceptors (Lipinski definition) is 2. The van der Waals surface area contributed by atoms with Crippen molar-refractivity contribution in [2.75, 3.05) is 0 Å². The number of nitrogens with two attached hydrogens (primary N) is 1. The molecule has 68 valence electrons. The van der Waals surface area contributed by atoms with Crippen LogP contribution in [0.2, 0.25) is 0 Å². The van der Waals surface area contributed by atoms with Crippen LogP contribution in [0.15, 0.2) is 18.3 Å². The fourth-order valence-corrected chi connectivity index (χ4v) is 1.47. The summed E-state index contributed by atoms with van der Waals surface area (Å²) in [4.78, 5) is 3.14. The van der Waals surface area contributed by atoms with E-state index < -0.39 is 0 Å². The summed E-state index contributed by atoms with van der Waals surface area (Å²) in [6, 6.07) is 3.97. The molecule has 4 nitrogen and oxygen atoms in total. The Labute approximate surface area is 76.2 Å². The Kier molecular flexibility index (Phi) is 1.90. The van der Waals surface area contributed by atoms with Crippen molar-refractivity contribution in [3.8, 4) is 11.3 Å². The molecular formula is C9H12N4. The second-order valence-corrected chi connectivity index (χ2v) is 2.96. The maximum atomic E-state index is 5.57. The molecule has 2 aromatic rings. The van der Waals surface area contributed by atoms with Crippen molar-refractivity contribution in [3.05, 3.63) is 29.7 Å². The summed E-state index contributed by atoms with van der Waals surface area (Å²) in [6.45, 7) is 2.45. The van der Waals surface area contributed by atoms with Gasteiger partial charge < -0.3 is 10.7 Å². The zero-order valence-corrected chi connectivity index (χ0v) is 7.46. The minimum Gasteiger partial charge on any atom is -0.361 e. The van der Waals surface area contributed by atoms with Crippen LogP contribution in [0.1, 0.15) is 11.4 Å². The van der Waals surface area contributed by atoms with Gasteiger partial charge in [0, 0.05) is 29.7 Å². The van der Waals surface area contributed by atoms with Crippen LogP contribution in [0, 0.1) is 6.92 Å². The van der Waals surface area contributed by atoms with E-state index in [1.165, 1.54) is 0 Å². The first-order valence-corrected chi connectivity index (χ1v) is 4.20. The third-order valence-corrected chi connectivity index (χ3v) is 2.08.